The minimum absolute atomic E-state index is 0.0159. The van der Waals surface area contributed by atoms with Crippen LogP contribution in [0.25, 0.3) is 0 Å². The number of aromatic nitrogens is 2. The van der Waals surface area contributed by atoms with Crippen molar-refractivity contribution in [1.82, 2.24) is 9.97 Å². The number of aryl methyl sites for hydroxylation is 1. The zero-order chi connectivity index (χ0) is 14.1. The fraction of sp³-hybridized carbons (Fsp3) is 0.286. The Morgan fingerprint density at radius 2 is 2.25 bits per heavy atom. The normalized spacial score (nSPS) is 16.8. The largest absolute Gasteiger partial charge is 0.489 e. The molecule has 4 nitrogen and oxygen atoms in total. The minimum Gasteiger partial charge on any atom is -0.489 e. The number of anilines is 1. The van der Waals surface area contributed by atoms with Crippen LogP contribution in [-0.2, 0) is 6.42 Å². The molecule has 0 bridgehead atoms. The van der Waals surface area contributed by atoms with E-state index < -0.39 is 0 Å². The highest BCUT2D eigenvalue weighted by molar-refractivity contribution is 7.99. The molecule has 104 valence electrons. The summed E-state index contributed by atoms with van der Waals surface area (Å²) in [6.07, 6.45) is 0.726. The molecule has 6 heteroatoms. The lowest BCUT2D eigenvalue weighted by Gasteiger charge is -2.09. The molecule has 0 aliphatic carbocycles. The molecule has 0 saturated heterocycles. The summed E-state index contributed by atoms with van der Waals surface area (Å²) in [6.45, 7) is 1.88. The highest BCUT2D eigenvalue weighted by Gasteiger charge is 2.23. The van der Waals surface area contributed by atoms with Crippen molar-refractivity contribution in [3.05, 3.63) is 41.3 Å². The van der Waals surface area contributed by atoms with Crippen molar-refractivity contribution in [2.45, 2.75) is 24.6 Å². The molecule has 0 amide bonds. The van der Waals surface area contributed by atoms with Crippen LogP contribution in [0.15, 0.2) is 29.4 Å². The summed E-state index contributed by atoms with van der Waals surface area (Å²) in [4.78, 5) is 8.49. The Kier molecular flexibility index (Phi) is 3.48. The maximum absolute atomic E-state index is 13.1. The van der Waals surface area contributed by atoms with Gasteiger partial charge >= 0.3 is 0 Å². The summed E-state index contributed by atoms with van der Waals surface area (Å²) in [6, 6.07) is 6.35. The summed E-state index contributed by atoms with van der Waals surface area (Å²) < 4.78 is 18.9. The van der Waals surface area contributed by atoms with Crippen LogP contribution in [0.4, 0.5) is 10.2 Å². The average Bonchev–Trinajstić information content (AvgIpc) is 2.77. The molecular formula is C14H14FN3OS. The smallest absolute Gasteiger partial charge is 0.189 e. The third kappa shape index (κ3) is 2.85. The monoisotopic (exact) mass is 291 g/mol. The standard InChI is InChI=1S/C14H14FN3OS/c1-8-4-13(16)18-14(17-8)20-7-11-6-9-5-10(15)2-3-12(9)19-11/h2-5,11H,6-7H2,1H3,(H2,16,17,18). The Bertz CT molecular complexity index is 630. The number of thioether (sulfide) groups is 1. The predicted molar refractivity (Wildman–Crippen MR) is 76.4 cm³/mol. The number of hydrogen-bond donors (Lipinski definition) is 1. The van der Waals surface area contributed by atoms with Crippen LogP contribution in [0.1, 0.15) is 11.3 Å². The molecule has 1 aromatic heterocycles. The molecule has 2 heterocycles. The molecule has 1 unspecified atom stereocenters. The molecule has 1 aromatic carbocycles. The number of nitrogen functional groups attached to an aromatic ring is 1. The van der Waals surface area contributed by atoms with Gasteiger partial charge < -0.3 is 10.5 Å². The first-order valence-electron chi connectivity index (χ1n) is 6.29. The highest BCUT2D eigenvalue weighted by atomic mass is 32.2. The van der Waals surface area contributed by atoms with Crippen molar-refractivity contribution in [2.75, 3.05) is 11.5 Å². The molecular weight excluding hydrogens is 277 g/mol. The Hall–Kier alpha value is -1.82. The van der Waals surface area contributed by atoms with E-state index in [1.807, 2.05) is 6.92 Å². The fourth-order valence-corrected chi connectivity index (χ4v) is 3.08. The first-order valence-corrected chi connectivity index (χ1v) is 7.28. The molecule has 0 fully saturated rings. The van der Waals surface area contributed by atoms with Crippen LogP contribution < -0.4 is 10.5 Å². The molecule has 0 spiro atoms. The zero-order valence-corrected chi connectivity index (χ0v) is 11.8. The van der Waals surface area contributed by atoms with E-state index in [4.69, 9.17) is 10.5 Å². The molecule has 1 atom stereocenters. The van der Waals surface area contributed by atoms with E-state index in [0.29, 0.717) is 23.1 Å². The third-order valence-corrected chi connectivity index (χ3v) is 3.99. The van der Waals surface area contributed by atoms with Gasteiger partial charge in [-0.25, -0.2) is 14.4 Å². The lowest BCUT2D eigenvalue weighted by molar-refractivity contribution is 0.259. The van der Waals surface area contributed by atoms with Crippen molar-refractivity contribution in [1.29, 1.82) is 0 Å². The number of benzene rings is 1. The number of ether oxygens (including phenoxy) is 1. The van der Waals surface area contributed by atoms with Gasteiger partial charge in [-0.3, -0.25) is 0 Å². The minimum atomic E-state index is -0.226. The summed E-state index contributed by atoms with van der Waals surface area (Å²) in [7, 11) is 0. The maximum atomic E-state index is 13.1. The second-order valence-electron chi connectivity index (χ2n) is 4.72. The number of nitrogens with two attached hydrogens (primary N) is 1. The van der Waals surface area contributed by atoms with Gasteiger partial charge in [-0.15, -0.1) is 0 Å². The topological polar surface area (TPSA) is 61.0 Å². The van der Waals surface area contributed by atoms with Gasteiger partial charge in [0.15, 0.2) is 5.16 Å². The van der Waals surface area contributed by atoms with Crippen molar-refractivity contribution in [3.8, 4) is 5.75 Å². The van der Waals surface area contributed by atoms with Crippen molar-refractivity contribution >= 4 is 17.6 Å². The molecule has 0 saturated carbocycles. The molecule has 2 aromatic rings. The van der Waals surface area contributed by atoms with Crippen LogP contribution in [0.2, 0.25) is 0 Å². The lowest BCUT2D eigenvalue weighted by atomic mass is 10.1. The van der Waals surface area contributed by atoms with Crippen LogP contribution >= 0.6 is 11.8 Å². The molecule has 2 N–H and O–H groups in total. The van der Waals surface area contributed by atoms with Gasteiger partial charge in [-0.2, -0.15) is 0 Å². The quantitative estimate of drug-likeness (QED) is 0.695. The van der Waals surface area contributed by atoms with E-state index in [1.54, 1.807) is 12.1 Å². The Morgan fingerprint density at radius 3 is 3.05 bits per heavy atom. The van der Waals surface area contributed by atoms with Gasteiger partial charge in [0.05, 0.1) is 0 Å². The molecule has 0 radical (unpaired) electrons. The Balaban J connectivity index is 1.63. The van der Waals surface area contributed by atoms with Crippen molar-refractivity contribution < 1.29 is 9.13 Å². The van der Waals surface area contributed by atoms with Gasteiger partial charge in [0.1, 0.15) is 23.5 Å². The number of nitrogens with zero attached hydrogens (tertiary/aromatic N) is 2. The summed E-state index contributed by atoms with van der Waals surface area (Å²) in [5.74, 6) is 1.72. The van der Waals surface area contributed by atoms with Gasteiger partial charge in [0.25, 0.3) is 0 Å². The molecule has 3 rings (SSSR count). The maximum Gasteiger partial charge on any atom is 0.189 e. The van der Waals surface area contributed by atoms with Crippen molar-refractivity contribution in [3.63, 3.8) is 0 Å². The summed E-state index contributed by atoms with van der Waals surface area (Å²) in [5.41, 5.74) is 7.45. The van der Waals surface area contributed by atoms with E-state index in [0.717, 1.165) is 17.0 Å². The first kappa shape index (κ1) is 13.2. The van der Waals surface area contributed by atoms with E-state index in [1.165, 1.54) is 23.9 Å². The molecule has 1 aliphatic rings. The van der Waals surface area contributed by atoms with E-state index >= 15 is 0 Å². The Labute approximate surface area is 120 Å². The van der Waals surface area contributed by atoms with Crippen LogP contribution in [0, 0.1) is 12.7 Å². The average molecular weight is 291 g/mol. The fourth-order valence-electron chi connectivity index (χ4n) is 2.18. The third-order valence-electron chi connectivity index (χ3n) is 3.02. The van der Waals surface area contributed by atoms with E-state index in [9.17, 15) is 4.39 Å². The molecule has 20 heavy (non-hydrogen) atoms. The first-order chi connectivity index (χ1) is 9.60. The number of fused-ring (bicyclic) bond motifs is 1. The summed E-state index contributed by atoms with van der Waals surface area (Å²) >= 11 is 1.50. The highest BCUT2D eigenvalue weighted by Crippen LogP contribution is 2.31. The van der Waals surface area contributed by atoms with Crippen LogP contribution in [0.5, 0.6) is 5.75 Å². The zero-order valence-electron chi connectivity index (χ0n) is 11.0. The van der Waals surface area contributed by atoms with Crippen LogP contribution in [0.3, 0.4) is 0 Å². The van der Waals surface area contributed by atoms with Gasteiger partial charge in [-0.1, -0.05) is 11.8 Å². The SMILES string of the molecule is Cc1cc(N)nc(SCC2Cc3cc(F)ccc3O2)n1. The number of rotatable bonds is 3. The lowest BCUT2D eigenvalue weighted by Crippen LogP contribution is -2.16. The number of halogens is 1. The van der Waals surface area contributed by atoms with Gasteiger partial charge in [0.2, 0.25) is 0 Å². The number of hydrogen-bond acceptors (Lipinski definition) is 5. The second kappa shape index (κ2) is 5.28. The van der Waals surface area contributed by atoms with Crippen LogP contribution in [-0.4, -0.2) is 21.8 Å². The van der Waals surface area contributed by atoms with Gasteiger partial charge in [-0.05, 0) is 25.1 Å². The van der Waals surface area contributed by atoms with Gasteiger partial charge in [0, 0.05) is 29.5 Å². The molecule has 1 aliphatic heterocycles. The van der Waals surface area contributed by atoms with Crippen molar-refractivity contribution in [2.24, 2.45) is 0 Å². The van der Waals surface area contributed by atoms with E-state index in [-0.39, 0.29) is 11.9 Å². The van der Waals surface area contributed by atoms with E-state index in [2.05, 4.69) is 9.97 Å². The predicted octanol–water partition coefficient (Wildman–Crippen LogP) is 2.60. The second-order valence-corrected chi connectivity index (χ2v) is 5.71. The summed E-state index contributed by atoms with van der Waals surface area (Å²) in [5, 5.41) is 0.647. The Morgan fingerprint density at radius 1 is 1.40 bits per heavy atom.